The Balaban J connectivity index is 0.000000291. The molecule has 1 aromatic heterocycles. The number of rotatable bonds is 22. The lowest BCUT2D eigenvalue weighted by Gasteiger charge is -2.38. The molecule has 4 aliphatic rings. The van der Waals surface area contributed by atoms with E-state index in [4.69, 9.17) is 32.2 Å². The van der Waals surface area contributed by atoms with Crippen molar-refractivity contribution in [3.8, 4) is 0 Å². The molecule has 0 spiro atoms. The van der Waals surface area contributed by atoms with E-state index in [1.165, 1.54) is 49.0 Å². The minimum Gasteiger partial charge on any atom is -0.550 e. The summed E-state index contributed by atoms with van der Waals surface area (Å²) in [6.45, 7) is 34.6. The topological polar surface area (TPSA) is 81.7 Å². The average molecular weight is 990 g/mol. The highest BCUT2D eigenvalue weighted by Gasteiger charge is 2.47. The van der Waals surface area contributed by atoms with Crippen LogP contribution in [0.1, 0.15) is 137 Å². The first-order valence-electron chi connectivity index (χ1n) is 25.5. The lowest BCUT2D eigenvalue weighted by atomic mass is 9.90. The van der Waals surface area contributed by atoms with Gasteiger partial charge in [0.25, 0.3) is 0 Å². The molecule has 2 saturated heterocycles. The average Bonchev–Trinajstić information content (AvgIpc) is 4.06. The second-order valence-corrected chi connectivity index (χ2v) is 38.1. The maximum Gasteiger partial charge on any atom is 0.241 e. The van der Waals surface area contributed by atoms with Crippen LogP contribution in [0.25, 0.3) is 0 Å². The summed E-state index contributed by atoms with van der Waals surface area (Å²) in [7, 11) is -1.75. The molecule has 2 aliphatic carbocycles. The molecule has 3 fully saturated rings. The number of fused-ring (bicyclic) bond motifs is 2. The minimum atomic E-state index is -1.83. The van der Waals surface area contributed by atoms with Gasteiger partial charge in [-0.3, -0.25) is 4.79 Å². The molecular formula is C54H96O8SSi3. The first-order valence-corrected chi connectivity index (χ1v) is 35.6. The number of hydrogen-bond acceptors (Lipinski definition) is 9. The third-order valence-electron chi connectivity index (χ3n) is 14.4. The highest BCUT2D eigenvalue weighted by atomic mass is 32.1. The van der Waals surface area contributed by atoms with Crippen molar-refractivity contribution in [1.29, 1.82) is 0 Å². The van der Waals surface area contributed by atoms with Crippen LogP contribution in [0.3, 0.4) is 0 Å². The fourth-order valence-electron chi connectivity index (χ4n) is 8.36. The lowest BCUT2D eigenvalue weighted by Crippen LogP contribution is -2.43. The van der Waals surface area contributed by atoms with Gasteiger partial charge in [-0.25, -0.2) is 0 Å². The summed E-state index contributed by atoms with van der Waals surface area (Å²) in [4.78, 5) is 11.9. The molecule has 9 atom stereocenters. The molecule has 5 rings (SSSR count). The Hall–Kier alpha value is -1.46. The van der Waals surface area contributed by atoms with Crippen LogP contribution < -0.4 is 0 Å². The molecule has 1 aromatic rings. The van der Waals surface area contributed by atoms with E-state index < -0.39 is 25.0 Å². The largest absolute Gasteiger partial charge is 0.550 e. The van der Waals surface area contributed by atoms with Crippen LogP contribution in [-0.2, 0) is 43.4 Å². The number of carbonyl (C=O) groups is 1. The van der Waals surface area contributed by atoms with Gasteiger partial charge >= 0.3 is 0 Å². The minimum absolute atomic E-state index is 0.0653. The van der Waals surface area contributed by atoms with Crippen molar-refractivity contribution in [2.75, 3.05) is 14.2 Å². The van der Waals surface area contributed by atoms with Gasteiger partial charge in [-0.2, -0.15) is 0 Å². The van der Waals surface area contributed by atoms with Crippen LogP contribution in [0.4, 0.5) is 0 Å². The van der Waals surface area contributed by atoms with Gasteiger partial charge in [-0.15, -0.1) is 11.3 Å². The van der Waals surface area contributed by atoms with Gasteiger partial charge in [-0.1, -0.05) is 130 Å². The van der Waals surface area contributed by atoms with Gasteiger partial charge in [0.15, 0.2) is 29.2 Å². The van der Waals surface area contributed by atoms with Gasteiger partial charge in [0, 0.05) is 56.1 Å². The quantitative estimate of drug-likeness (QED) is 0.0374. The Labute approximate surface area is 411 Å². The van der Waals surface area contributed by atoms with Crippen LogP contribution in [-0.4, -0.2) is 82.5 Å². The predicted octanol–water partition coefficient (Wildman–Crippen LogP) is 15.4. The van der Waals surface area contributed by atoms with E-state index in [1.807, 2.05) is 17.4 Å². The zero-order chi connectivity index (χ0) is 49.3. The van der Waals surface area contributed by atoms with E-state index in [-0.39, 0.29) is 47.1 Å². The Morgan fingerprint density at radius 2 is 1.33 bits per heavy atom. The third-order valence-corrected chi connectivity index (χ3v) is 25.2. The highest BCUT2D eigenvalue weighted by Crippen LogP contribution is 2.48. The Morgan fingerprint density at radius 1 is 0.773 bits per heavy atom. The Bertz CT molecular complexity index is 1670. The third kappa shape index (κ3) is 19.4. The number of thiophene rings is 1. The molecule has 12 heteroatoms. The van der Waals surface area contributed by atoms with Gasteiger partial charge in [0.05, 0.1) is 30.7 Å². The molecular weight excluding hydrogens is 893 g/mol. The SMILES string of the molecule is CCCCC[C@@H](/C=C/Cc1cccs1)O[Si](C)(C)C(C)(C)C.CCCCC[C@@H](/C=C/[C@H]1C(=CO[Si](C)(C)C)C[C@@H]2OC(OC)C[C@@H]21)O[Si](C)(C)C(C)(C)C.COC1C[C@@H]2C=C(C=O)C[C@@H]2O1. The molecule has 2 aliphatic heterocycles. The van der Waals surface area contributed by atoms with Crippen molar-refractivity contribution in [3.63, 3.8) is 0 Å². The van der Waals surface area contributed by atoms with E-state index in [2.05, 4.69) is 149 Å². The fourth-order valence-corrected chi connectivity index (χ4v) is 12.2. The number of allylic oxidation sites excluding steroid dienone is 2. The van der Waals surface area contributed by atoms with Crippen LogP contribution in [0.2, 0.25) is 55.9 Å². The number of aldehydes is 1. The first kappa shape index (κ1) is 58.9. The van der Waals surface area contributed by atoms with Gasteiger partial charge in [0.1, 0.15) is 6.29 Å². The van der Waals surface area contributed by atoms with E-state index in [1.54, 1.807) is 14.2 Å². The molecule has 0 amide bonds. The molecule has 2 unspecified atom stereocenters. The van der Waals surface area contributed by atoms with Crippen molar-refractivity contribution in [2.24, 2.45) is 17.8 Å². The van der Waals surface area contributed by atoms with Crippen molar-refractivity contribution < 1.29 is 37.0 Å². The van der Waals surface area contributed by atoms with E-state index >= 15 is 0 Å². The zero-order valence-corrected chi connectivity index (χ0v) is 48.7. The molecule has 8 nitrogen and oxygen atoms in total. The van der Waals surface area contributed by atoms with Crippen molar-refractivity contribution in [2.45, 2.75) is 232 Å². The first-order chi connectivity index (χ1) is 30.9. The lowest BCUT2D eigenvalue weighted by molar-refractivity contribution is -0.115. The molecule has 0 bridgehead atoms. The monoisotopic (exact) mass is 989 g/mol. The molecule has 0 N–H and O–H groups in total. The molecule has 378 valence electrons. The van der Waals surface area contributed by atoms with Gasteiger partial charge in [0.2, 0.25) is 8.32 Å². The number of ether oxygens (including phenoxy) is 4. The van der Waals surface area contributed by atoms with Crippen LogP contribution >= 0.6 is 11.3 Å². The van der Waals surface area contributed by atoms with Crippen molar-refractivity contribution >= 4 is 42.6 Å². The summed E-state index contributed by atoms with van der Waals surface area (Å²) in [5, 5.41) is 2.63. The zero-order valence-electron chi connectivity index (χ0n) is 44.8. The second kappa shape index (κ2) is 27.2. The fraction of sp³-hybridized carbons (Fsp3) is 0.759. The Morgan fingerprint density at radius 3 is 1.82 bits per heavy atom. The van der Waals surface area contributed by atoms with E-state index in [9.17, 15) is 4.79 Å². The second-order valence-electron chi connectivity index (χ2n) is 23.1. The standard InChI is InChI=1S/C26H50O4Si2.C19H34OSSi.C9H12O3/c1-11-12-13-14-21(30-32(9,10)26(2,3)4)15-16-22-20(19-28-31(6,7)8)17-24-23(22)18-25(27-5)29-24;1-7-8-9-12-17(20-22(5,6)19(2,3)4)13-10-14-18-15-11-16-21-18;1-11-9-4-7-2-6(5-10)3-8(7)12-9/h15-16,19,21-25H,11-14,17-18H2,1-10H3;10-11,13,15-17H,7-9,12,14H2,1-6H3;2,5,7-9H,3-4H2,1H3/b16-15+,20-19?;13-10+;/t21-,22-,23+,24-,25?;17-;7-,8-,9?/m000/s1. The van der Waals surface area contributed by atoms with Crippen molar-refractivity contribution in [3.05, 3.63) is 70.2 Å². The van der Waals surface area contributed by atoms with Crippen LogP contribution in [0.5, 0.6) is 0 Å². The van der Waals surface area contributed by atoms with Gasteiger partial charge in [-0.05, 0) is 104 Å². The van der Waals surface area contributed by atoms with Crippen LogP contribution in [0, 0.1) is 17.8 Å². The smallest absolute Gasteiger partial charge is 0.241 e. The predicted molar refractivity (Wildman–Crippen MR) is 286 cm³/mol. The van der Waals surface area contributed by atoms with Crippen LogP contribution in [0.15, 0.2) is 65.3 Å². The summed E-state index contributed by atoms with van der Waals surface area (Å²) in [5.41, 5.74) is 2.24. The van der Waals surface area contributed by atoms with Crippen molar-refractivity contribution in [1.82, 2.24) is 0 Å². The summed E-state index contributed by atoms with van der Waals surface area (Å²) in [6, 6.07) is 4.33. The van der Waals surface area contributed by atoms with E-state index in [0.717, 1.165) is 56.8 Å². The maximum absolute atomic E-state index is 10.4. The molecule has 0 aromatic carbocycles. The molecule has 1 saturated carbocycles. The van der Waals surface area contributed by atoms with Gasteiger partial charge < -0.3 is 32.2 Å². The number of carbonyl (C=O) groups excluding carboxylic acids is 1. The number of methoxy groups -OCH3 is 2. The summed E-state index contributed by atoms with van der Waals surface area (Å²) in [6.07, 6.45) is 29.5. The Kier molecular flexibility index (Phi) is 24.3. The molecule has 66 heavy (non-hydrogen) atoms. The number of unbranched alkanes of at least 4 members (excludes halogenated alkanes) is 4. The summed E-state index contributed by atoms with van der Waals surface area (Å²) >= 11 is 1.83. The molecule has 3 heterocycles. The van der Waals surface area contributed by atoms with E-state index in [0.29, 0.717) is 17.8 Å². The highest BCUT2D eigenvalue weighted by molar-refractivity contribution is 7.09. The number of hydrogen-bond donors (Lipinski definition) is 0. The molecule has 0 radical (unpaired) electrons. The maximum atomic E-state index is 10.4. The summed E-state index contributed by atoms with van der Waals surface area (Å²) in [5.74, 6) is 1.19. The normalized spacial score (nSPS) is 26.2. The summed E-state index contributed by atoms with van der Waals surface area (Å²) < 4.78 is 42.0.